The first-order valence-corrected chi connectivity index (χ1v) is 4.87. The Kier molecular flexibility index (Phi) is 2.17. The van der Waals surface area contributed by atoms with Crippen LogP contribution >= 0.6 is 11.9 Å². The third-order valence-corrected chi connectivity index (χ3v) is 2.93. The maximum Gasteiger partial charge on any atom is 0.247 e. The molecule has 2 rings (SSSR count). The summed E-state index contributed by atoms with van der Waals surface area (Å²) in [6.07, 6.45) is 0. The van der Waals surface area contributed by atoms with Gasteiger partial charge in [0.15, 0.2) is 0 Å². The molecular weight excluding hydrogens is 200 g/mol. The van der Waals surface area contributed by atoms with E-state index in [-0.39, 0.29) is 5.91 Å². The average Bonchev–Trinajstić information content (AvgIpc) is 2.17. The number of primary amides is 1. The van der Waals surface area contributed by atoms with E-state index in [9.17, 15) is 9.59 Å². The van der Waals surface area contributed by atoms with E-state index in [1.165, 1.54) is 11.9 Å². The van der Waals surface area contributed by atoms with Crippen molar-refractivity contribution in [2.24, 2.45) is 5.73 Å². The van der Waals surface area contributed by atoms with Crippen LogP contribution in [0, 0.1) is 0 Å². The first-order chi connectivity index (χ1) is 6.70. The summed E-state index contributed by atoms with van der Waals surface area (Å²) in [7, 11) is 0. The minimum Gasteiger partial charge on any atom is -0.369 e. The quantitative estimate of drug-likeness (QED) is 0.518. The molecule has 72 valence electrons. The highest BCUT2D eigenvalue weighted by Crippen LogP contribution is 2.31. The average molecular weight is 208 g/mol. The summed E-state index contributed by atoms with van der Waals surface area (Å²) in [6.45, 7) is 0. The molecule has 0 aromatic heterocycles. The fourth-order valence-electron chi connectivity index (χ4n) is 1.40. The topological polar surface area (TPSA) is 72.2 Å². The van der Waals surface area contributed by atoms with Gasteiger partial charge in [-0.3, -0.25) is 14.3 Å². The molecule has 0 bridgehead atoms. The highest BCUT2D eigenvalue weighted by molar-refractivity contribution is 7.98. The minimum atomic E-state index is -0.854. The molecule has 1 atom stereocenters. The van der Waals surface area contributed by atoms with Crippen molar-refractivity contribution in [2.75, 3.05) is 0 Å². The second-order valence-corrected chi connectivity index (χ2v) is 3.79. The molecule has 2 amide bonds. The van der Waals surface area contributed by atoms with Gasteiger partial charge in [-0.05, 0) is 23.6 Å². The molecule has 0 saturated carbocycles. The molecule has 4 nitrogen and oxygen atoms in total. The van der Waals surface area contributed by atoms with Crippen molar-refractivity contribution >= 4 is 23.8 Å². The van der Waals surface area contributed by atoms with E-state index in [1.807, 2.05) is 12.1 Å². The molecule has 3 N–H and O–H groups in total. The number of fused-ring (bicyclic) bond motifs is 1. The van der Waals surface area contributed by atoms with Crippen LogP contribution in [0.15, 0.2) is 29.2 Å². The molecule has 0 fully saturated rings. The Balaban J connectivity index is 2.51. The summed E-state index contributed by atoms with van der Waals surface area (Å²) >= 11 is 1.21. The molecule has 0 radical (unpaired) electrons. The van der Waals surface area contributed by atoms with Crippen LogP contribution in [0.2, 0.25) is 0 Å². The van der Waals surface area contributed by atoms with Crippen molar-refractivity contribution in [3.63, 3.8) is 0 Å². The summed E-state index contributed by atoms with van der Waals surface area (Å²) in [5.41, 5.74) is 5.85. The van der Waals surface area contributed by atoms with Crippen LogP contribution in [0.5, 0.6) is 0 Å². The predicted molar refractivity (Wildman–Crippen MR) is 52.4 cm³/mol. The van der Waals surface area contributed by atoms with Crippen LogP contribution in [0.1, 0.15) is 11.5 Å². The highest BCUT2D eigenvalue weighted by Gasteiger charge is 2.32. The van der Waals surface area contributed by atoms with E-state index in [1.54, 1.807) is 12.1 Å². The van der Waals surface area contributed by atoms with E-state index >= 15 is 0 Å². The van der Waals surface area contributed by atoms with Crippen LogP contribution in [0.25, 0.3) is 0 Å². The summed E-state index contributed by atoms with van der Waals surface area (Å²) in [5, 5.41) is 0. The Bertz CT molecular complexity index is 406. The minimum absolute atomic E-state index is 0.346. The first-order valence-electron chi connectivity index (χ1n) is 4.05. The molecule has 1 aromatic carbocycles. The molecule has 1 aromatic rings. The first kappa shape index (κ1) is 9.08. The van der Waals surface area contributed by atoms with Crippen molar-refractivity contribution in [3.05, 3.63) is 29.8 Å². The number of benzene rings is 1. The van der Waals surface area contributed by atoms with E-state index in [0.29, 0.717) is 5.56 Å². The Labute approximate surface area is 85.0 Å². The molecule has 1 aliphatic heterocycles. The van der Waals surface area contributed by atoms with Gasteiger partial charge in [0, 0.05) is 4.90 Å². The lowest BCUT2D eigenvalue weighted by Gasteiger charge is -2.21. The summed E-state index contributed by atoms with van der Waals surface area (Å²) in [4.78, 5) is 23.3. The summed E-state index contributed by atoms with van der Waals surface area (Å²) in [5.74, 6) is -1.82. The molecule has 0 aliphatic carbocycles. The monoisotopic (exact) mass is 208 g/mol. The Morgan fingerprint density at radius 3 is 2.86 bits per heavy atom. The molecule has 1 aliphatic rings. The van der Waals surface area contributed by atoms with Gasteiger partial charge in [0.2, 0.25) is 11.8 Å². The van der Waals surface area contributed by atoms with E-state index < -0.39 is 11.8 Å². The number of hydrogen-bond donors (Lipinski definition) is 2. The van der Waals surface area contributed by atoms with Crippen molar-refractivity contribution in [2.45, 2.75) is 10.8 Å². The second-order valence-electron chi connectivity index (χ2n) is 2.94. The van der Waals surface area contributed by atoms with Crippen molar-refractivity contribution in [1.29, 1.82) is 0 Å². The number of hydrogen-bond acceptors (Lipinski definition) is 3. The molecule has 0 spiro atoms. The van der Waals surface area contributed by atoms with Crippen molar-refractivity contribution < 1.29 is 9.59 Å². The smallest absolute Gasteiger partial charge is 0.247 e. The summed E-state index contributed by atoms with van der Waals surface area (Å²) in [6, 6.07) is 7.22. The number of carbonyl (C=O) groups is 2. The van der Waals surface area contributed by atoms with Gasteiger partial charge in [-0.2, -0.15) is 0 Å². The standard InChI is InChI=1S/C9H8N2O2S/c10-8(12)7-5-3-1-2-4-6(5)14-11-9(7)13/h1-4,7H,(H2,10,12)(H,11,13). The van der Waals surface area contributed by atoms with Crippen LogP contribution in [0.3, 0.4) is 0 Å². The zero-order chi connectivity index (χ0) is 10.1. The van der Waals surface area contributed by atoms with E-state index in [2.05, 4.69) is 4.72 Å². The Hall–Kier alpha value is -1.49. The number of nitrogens with two attached hydrogens (primary N) is 1. The molecule has 5 heteroatoms. The third kappa shape index (κ3) is 1.35. The predicted octanol–water partition coefficient (Wildman–Crippen LogP) is 0.392. The maximum absolute atomic E-state index is 11.4. The van der Waals surface area contributed by atoms with Crippen LogP contribution in [-0.2, 0) is 9.59 Å². The second kappa shape index (κ2) is 3.34. The van der Waals surface area contributed by atoms with Crippen LogP contribution < -0.4 is 10.5 Å². The number of nitrogens with one attached hydrogen (secondary N) is 1. The number of amides is 2. The van der Waals surface area contributed by atoms with Gasteiger partial charge in [-0.1, -0.05) is 18.2 Å². The van der Waals surface area contributed by atoms with Crippen LogP contribution in [0.4, 0.5) is 0 Å². The van der Waals surface area contributed by atoms with Gasteiger partial charge in [0.05, 0.1) is 0 Å². The molecule has 1 unspecified atom stereocenters. The number of carbonyl (C=O) groups excluding carboxylic acids is 2. The molecular formula is C9H8N2O2S. The van der Waals surface area contributed by atoms with E-state index in [0.717, 1.165) is 4.90 Å². The molecule has 1 heterocycles. The fourth-order valence-corrected chi connectivity index (χ4v) is 2.18. The van der Waals surface area contributed by atoms with Gasteiger partial charge in [0.1, 0.15) is 5.92 Å². The zero-order valence-corrected chi connectivity index (χ0v) is 8.01. The number of rotatable bonds is 1. The molecule has 14 heavy (non-hydrogen) atoms. The Morgan fingerprint density at radius 2 is 2.14 bits per heavy atom. The van der Waals surface area contributed by atoms with Gasteiger partial charge >= 0.3 is 0 Å². The largest absolute Gasteiger partial charge is 0.369 e. The van der Waals surface area contributed by atoms with Crippen molar-refractivity contribution in [3.8, 4) is 0 Å². The van der Waals surface area contributed by atoms with Crippen LogP contribution in [-0.4, -0.2) is 11.8 Å². The molecule has 0 saturated heterocycles. The van der Waals surface area contributed by atoms with Gasteiger partial charge < -0.3 is 5.73 Å². The lowest BCUT2D eigenvalue weighted by Crippen LogP contribution is -2.37. The maximum atomic E-state index is 11.4. The third-order valence-electron chi connectivity index (χ3n) is 2.04. The summed E-state index contributed by atoms with van der Waals surface area (Å²) < 4.78 is 2.55. The van der Waals surface area contributed by atoms with E-state index in [4.69, 9.17) is 5.73 Å². The Morgan fingerprint density at radius 1 is 1.43 bits per heavy atom. The SMILES string of the molecule is NC(=O)C1C(=O)NSc2ccccc21. The lowest BCUT2D eigenvalue weighted by atomic mass is 9.98. The van der Waals surface area contributed by atoms with Gasteiger partial charge in [-0.15, -0.1) is 0 Å². The highest BCUT2D eigenvalue weighted by atomic mass is 32.2. The fraction of sp³-hybridized carbons (Fsp3) is 0.111. The van der Waals surface area contributed by atoms with Gasteiger partial charge in [-0.25, -0.2) is 0 Å². The lowest BCUT2D eigenvalue weighted by molar-refractivity contribution is -0.129. The van der Waals surface area contributed by atoms with Crippen molar-refractivity contribution in [1.82, 2.24) is 4.72 Å². The van der Waals surface area contributed by atoms with Gasteiger partial charge in [0.25, 0.3) is 0 Å². The normalized spacial score (nSPS) is 19.7. The zero-order valence-electron chi connectivity index (χ0n) is 7.19.